The van der Waals surface area contributed by atoms with Gasteiger partial charge in [0, 0.05) is 11.1 Å². The summed E-state index contributed by atoms with van der Waals surface area (Å²) >= 11 is 0. The van der Waals surface area contributed by atoms with Crippen molar-refractivity contribution in [1.82, 2.24) is 9.97 Å². The van der Waals surface area contributed by atoms with E-state index in [4.69, 9.17) is 4.74 Å². The fourth-order valence-corrected chi connectivity index (χ4v) is 2.34. The van der Waals surface area contributed by atoms with Crippen LogP contribution in [0.2, 0.25) is 0 Å². The van der Waals surface area contributed by atoms with Crippen LogP contribution in [0, 0.1) is 0 Å². The second-order valence-electron chi connectivity index (χ2n) is 5.34. The predicted octanol–water partition coefficient (Wildman–Crippen LogP) is 3.12. The zero-order chi connectivity index (χ0) is 19.4. The summed E-state index contributed by atoms with van der Waals surface area (Å²) in [7, 11) is 2.45. The highest BCUT2D eigenvalue weighted by atomic mass is 16.7. The Balaban J connectivity index is 1.80. The number of H-pyrrole nitrogens is 1. The molecule has 9 heteroatoms. The molecule has 2 aromatic carbocycles. The van der Waals surface area contributed by atoms with Gasteiger partial charge >= 0.3 is 12.2 Å². The molecule has 27 heavy (non-hydrogen) atoms. The molecule has 0 unspecified atom stereocenters. The second-order valence-corrected chi connectivity index (χ2v) is 5.34. The largest absolute Gasteiger partial charge is 0.513 e. The van der Waals surface area contributed by atoms with Crippen LogP contribution >= 0.6 is 0 Å². The third-order valence-corrected chi connectivity index (χ3v) is 3.63. The number of amides is 1. The first-order valence-electron chi connectivity index (χ1n) is 7.75. The molecule has 138 valence electrons. The van der Waals surface area contributed by atoms with Crippen molar-refractivity contribution in [3.05, 3.63) is 53.6 Å². The highest BCUT2D eigenvalue weighted by Crippen LogP contribution is 2.20. The third-order valence-electron chi connectivity index (χ3n) is 3.63. The van der Waals surface area contributed by atoms with Gasteiger partial charge in [-0.15, -0.1) is 0 Å². The van der Waals surface area contributed by atoms with Gasteiger partial charge in [-0.25, -0.2) is 14.6 Å². The van der Waals surface area contributed by atoms with E-state index in [9.17, 15) is 14.4 Å². The average molecular weight is 369 g/mol. The zero-order valence-corrected chi connectivity index (χ0v) is 14.4. The Morgan fingerprint density at radius 1 is 0.963 bits per heavy atom. The Morgan fingerprint density at radius 3 is 2.33 bits per heavy atom. The number of rotatable bonds is 4. The maximum Gasteiger partial charge on any atom is 0.513 e. The molecule has 0 bridgehead atoms. The van der Waals surface area contributed by atoms with E-state index in [2.05, 4.69) is 24.8 Å². The SMILES string of the molecule is COC(=O)Nc1nc2ccc(C(=O)c3ccc(OC(=O)OC)cc3)cc2[nH]1. The quantitative estimate of drug-likeness (QED) is 0.412. The topological polar surface area (TPSA) is 120 Å². The van der Waals surface area contributed by atoms with Crippen molar-refractivity contribution < 1.29 is 28.6 Å². The second kappa shape index (κ2) is 7.56. The van der Waals surface area contributed by atoms with Gasteiger partial charge in [-0.1, -0.05) is 0 Å². The van der Waals surface area contributed by atoms with Gasteiger partial charge < -0.3 is 19.2 Å². The molecule has 3 aromatic rings. The van der Waals surface area contributed by atoms with Gasteiger partial charge in [0.05, 0.1) is 25.3 Å². The van der Waals surface area contributed by atoms with Gasteiger partial charge in [0.2, 0.25) is 5.95 Å². The van der Waals surface area contributed by atoms with Crippen molar-refractivity contribution in [3.8, 4) is 5.75 Å². The summed E-state index contributed by atoms with van der Waals surface area (Å²) < 4.78 is 13.8. The minimum Gasteiger partial charge on any atom is -0.453 e. The molecule has 2 N–H and O–H groups in total. The van der Waals surface area contributed by atoms with E-state index in [0.29, 0.717) is 22.2 Å². The first-order chi connectivity index (χ1) is 13.0. The fraction of sp³-hybridized carbons (Fsp3) is 0.111. The standard InChI is InChI=1S/C18H15N3O6/c1-25-17(23)21-16-19-13-8-5-11(9-14(13)20-16)15(22)10-3-6-12(7-4-10)27-18(24)26-2/h3-9H,1-2H3,(H2,19,20,21,23). The van der Waals surface area contributed by atoms with Crippen molar-refractivity contribution in [1.29, 1.82) is 0 Å². The summed E-state index contributed by atoms with van der Waals surface area (Å²) in [4.78, 5) is 42.1. The minimum atomic E-state index is -0.838. The Bertz CT molecular complexity index is 1010. The number of ketones is 1. The number of anilines is 1. The van der Waals surface area contributed by atoms with Crippen molar-refractivity contribution in [2.24, 2.45) is 0 Å². The number of benzene rings is 2. The predicted molar refractivity (Wildman–Crippen MR) is 95.0 cm³/mol. The molecule has 3 rings (SSSR count). The molecule has 1 aromatic heterocycles. The number of nitrogens with one attached hydrogen (secondary N) is 2. The molecular formula is C18H15N3O6. The van der Waals surface area contributed by atoms with Gasteiger partial charge in [-0.05, 0) is 42.5 Å². The number of methoxy groups -OCH3 is 2. The number of hydrogen-bond acceptors (Lipinski definition) is 7. The van der Waals surface area contributed by atoms with Gasteiger partial charge in [-0.3, -0.25) is 10.1 Å². The number of aromatic amines is 1. The fourth-order valence-electron chi connectivity index (χ4n) is 2.34. The first-order valence-corrected chi connectivity index (χ1v) is 7.75. The lowest BCUT2D eigenvalue weighted by Crippen LogP contribution is -2.11. The van der Waals surface area contributed by atoms with Crippen LogP contribution in [0.25, 0.3) is 11.0 Å². The number of carbonyl (C=O) groups is 3. The van der Waals surface area contributed by atoms with Gasteiger partial charge in [0.1, 0.15) is 5.75 Å². The lowest BCUT2D eigenvalue weighted by molar-refractivity contribution is 0.103. The van der Waals surface area contributed by atoms with E-state index in [-0.39, 0.29) is 17.5 Å². The zero-order valence-electron chi connectivity index (χ0n) is 14.4. The number of carbonyl (C=O) groups excluding carboxylic acids is 3. The van der Waals surface area contributed by atoms with Crippen molar-refractivity contribution in [2.75, 3.05) is 19.5 Å². The van der Waals surface area contributed by atoms with Crippen LogP contribution in [-0.4, -0.2) is 42.2 Å². The molecule has 0 radical (unpaired) electrons. The highest BCUT2D eigenvalue weighted by Gasteiger charge is 2.13. The molecule has 0 aliphatic rings. The number of hydrogen-bond donors (Lipinski definition) is 2. The normalized spacial score (nSPS) is 10.3. The van der Waals surface area contributed by atoms with E-state index in [1.165, 1.54) is 26.4 Å². The molecule has 1 heterocycles. The van der Waals surface area contributed by atoms with E-state index in [1.807, 2.05) is 0 Å². The van der Waals surface area contributed by atoms with Crippen LogP contribution in [0.4, 0.5) is 15.5 Å². The van der Waals surface area contributed by atoms with Crippen molar-refractivity contribution in [3.63, 3.8) is 0 Å². The molecule has 0 aliphatic heterocycles. The number of nitrogens with zero attached hydrogens (tertiary/aromatic N) is 1. The summed E-state index contributed by atoms with van der Waals surface area (Å²) in [5.41, 5.74) is 2.01. The summed E-state index contributed by atoms with van der Waals surface area (Å²) in [6, 6.07) is 11.0. The molecule has 0 spiro atoms. The van der Waals surface area contributed by atoms with E-state index in [0.717, 1.165) is 0 Å². The van der Waals surface area contributed by atoms with Gasteiger partial charge in [0.25, 0.3) is 0 Å². The Morgan fingerprint density at radius 2 is 1.67 bits per heavy atom. The van der Waals surface area contributed by atoms with Crippen molar-refractivity contribution >= 4 is 35.0 Å². The summed E-state index contributed by atoms with van der Waals surface area (Å²) in [5.74, 6) is 0.255. The lowest BCUT2D eigenvalue weighted by atomic mass is 10.0. The molecule has 0 atom stereocenters. The third kappa shape index (κ3) is 4.03. The van der Waals surface area contributed by atoms with E-state index in [1.54, 1.807) is 30.3 Å². The number of fused-ring (bicyclic) bond motifs is 1. The summed E-state index contributed by atoms with van der Waals surface area (Å²) in [6.07, 6.45) is -1.49. The van der Waals surface area contributed by atoms with Crippen LogP contribution in [0.1, 0.15) is 15.9 Å². The Kier molecular flexibility index (Phi) is 5.02. The number of imidazole rings is 1. The van der Waals surface area contributed by atoms with Gasteiger partial charge in [-0.2, -0.15) is 0 Å². The summed E-state index contributed by atoms with van der Waals surface area (Å²) in [6.45, 7) is 0. The maximum atomic E-state index is 12.7. The van der Waals surface area contributed by atoms with E-state index < -0.39 is 12.2 Å². The molecule has 9 nitrogen and oxygen atoms in total. The van der Waals surface area contributed by atoms with Gasteiger partial charge in [0.15, 0.2) is 5.78 Å². The highest BCUT2D eigenvalue weighted by molar-refractivity contribution is 6.10. The molecular weight excluding hydrogens is 354 g/mol. The molecule has 0 aliphatic carbocycles. The monoisotopic (exact) mass is 369 g/mol. The van der Waals surface area contributed by atoms with E-state index >= 15 is 0 Å². The van der Waals surface area contributed by atoms with Crippen molar-refractivity contribution in [2.45, 2.75) is 0 Å². The number of aromatic nitrogens is 2. The van der Waals surface area contributed by atoms with Crippen LogP contribution in [0.3, 0.4) is 0 Å². The average Bonchev–Trinajstić information content (AvgIpc) is 3.09. The maximum absolute atomic E-state index is 12.7. The summed E-state index contributed by atoms with van der Waals surface area (Å²) in [5, 5.41) is 2.42. The minimum absolute atomic E-state index is 0.214. The lowest BCUT2D eigenvalue weighted by Gasteiger charge is -2.04. The smallest absolute Gasteiger partial charge is 0.453 e. The first kappa shape index (κ1) is 17.9. The Labute approximate surface area is 153 Å². The Hall–Kier alpha value is -3.88. The molecule has 1 amide bonds. The van der Waals surface area contributed by atoms with Crippen LogP contribution in [0.15, 0.2) is 42.5 Å². The van der Waals surface area contributed by atoms with Crippen LogP contribution in [-0.2, 0) is 9.47 Å². The van der Waals surface area contributed by atoms with Crippen LogP contribution < -0.4 is 10.1 Å². The molecule has 0 saturated heterocycles. The van der Waals surface area contributed by atoms with Crippen LogP contribution in [0.5, 0.6) is 5.75 Å². The number of ether oxygens (including phenoxy) is 3. The molecule has 0 saturated carbocycles. The molecule has 0 fully saturated rings.